The maximum Gasteiger partial charge on any atom is 0.267 e. The van der Waals surface area contributed by atoms with E-state index in [1.807, 2.05) is 53.6 Å². The van der Waals surface area contributed by atoms with E-state index in [1.165, 1.54) is 32.4 Å². The van der Waals surface area contributed by atoms with Crippen LogP contribution in [0.4, 0.5) is 0 Å². The van der Waals surface area contributed by atoms with Crippen LogP contribution < -0.4 is 5.56 Å². The molecule has 0 atom stereocenters. The first kappa shape index (κ1) is 25.0. The number of aromatic nitrogens is 6. The zero-order valence-corrected chi connectivity index (χ0v) is 20.5. The summed E-state index contributed by atoms with van der Waals surface area (Å²) in [6, 6.07) is 11.5. The largest absolute Gasteiger partial charge is 0.301 e. The minimum Gasteiger partial charge on any atom is -0.301 e. The normalized spacial score (nSPS) is 15.9. The Balaban J connectivity index is 0.00000280. The summed E-state index contributed by atoms with van der Waals surface area (Å²) in [5.74, 6) is 1.15. The number of nitrogens with zero attached hydrogens (tertiary/aromatic N) is 7. The standard InChI is InChI=1S/C28H31N7O.CH4/c36-27-10-9-26(22-6-4-7-22)32-35(27)19-21-5-3-8-23(15-21)28-29-16-24(17-30-28)25-18-31-34(20-25)14-13-33-11-1-2-12-33;/h3,5,8-10,15-18,20,22H,1-2,4,6-7,11-14,19H2;1H4. The second kappa shape index (κ2) is 11.2. The number of benzene rings is 1. The Morgan fingerprint density at radius 2 is 1.68 bits per heavy atom. The smallest absolute Gasteiger partial charge is 0.267 e. The Kier molecular flexibility index (Phi) is 7.55. The van der Waals surface area contributed by atoms with Crippen LogP contribution in [-0.2, 0) is 13.1 Å². The Morgan fingerprint density at radius 1 is 0.865 bits per heavy atom. The Bertz CT molecular complexity index is 1380. The summed E-state index contributed by atoms with van der Waals surface area (Å²) in [6.07, 6.45) is 13.8. The molecule has 2 fully saturated rings. The molecule has 8 heteroatoms. The summed E-state index contributed by atoms with van der Waals surface area (Å²) in [5, 5.41) is 9.16. The number of hydrogen-bond acceptors (Lipinski definition) is 6. The topological polar surface area (TPSA) is 81.7 Å². The second-order valence-corrected chi connectivity index (χ2v) is 9.92. The molecule has 192 valence electrons. The number of likely N-dealkylation sites (tertiary alicyclic amines) is 1. The van der Waals surface area contributed by atoms with Gasteiger partial charge >= 0.3 is 0 Å². The molecule has 0 amide bonds. The van der Waals surface area contributed by atoms with Crippen molar-refractivity contribution in [3.63, 3.8) is 0 Å². The van der Waals surface area contributed by atoms with Crippen molar-refractivity contribution in [2.75, 3.05) is 19.6 Å². The van der Waals surface area contributed by atoms with Gasteiger partial charge in [-0.2, -0.15) is 10.2 Å². The van der Waals surface area contributed by atoms with Crippen LogP contribution in [0.15, 0.2) is 66.0 Å². The van der Waals surface area contributed by atoms with Gasteiger partial charge in [0.25, 0.3) is 5.56 Å². The Morgan fingerprint density at radius 3 is 2.43 bits per heavy atom. The van der Waals surface area contributed by atoms with Crippen LogP contribution in [0.5, 0.6) is 0 Å². The molecule has 37 heavy (non-hydrogen) atoms. The van der Waals surface area contributed by atoms with Crippen molar-refractivity contribution in [3.05, 3.63) is 82.8 Å². The van der Waals surface area contributed by atoms with Crippen LogP contribution in [-0.4, -0.2) is 54.1 Å². The molecule has 0 bridgehead atoms. The number of rotatable bonds is 8. The zero-order chi connectivity index (χ0) is 24.3. The van der Waals surface area contributed by atoms with Crippen molar-refractivity contribution in [1.29, 1.82) is 0 Å². The fraction of sp³-hybridized carbons (Fsp3) is 0.414. The highest BCUT2D eigenvalue weighted by Crippen LogP contribution is 2.34. The summed E-state index contributed by atoms with van der Waals surface area (Å²) in [6.45, 7) is 4.77. The SMILES string of the molecule is C.O=c1ccc(C2CCC2)nn1Cc1cccc(-c2ncc(-c3cnn(CCN4CCCC4)c3)cn2)c1. The second-order valence-electron chi connectivity index (χ2n) is 9.92. The minimum absolute atomic E-state index is 0. The predicted octanol–water partition coefficient (Wildman–Crippen LogP) is 4.61. The molecule has 1 saturated carbocycles. The van der Waals surface area contributed by atoms with Crippen LogP contribution >= 0.6 is 0 Å². The van der Waals surface area contributed by atoms with E-state index in [2.05, 4.69) is 31.3 Å². The van der Waals surface area contributed by atoms with Crippen LogP contribution in [0, 0.1) is 0 Å². The average molecular weight is 498 g/mol. The molecular weight excluding hydrogens is 462 g/mol. The summed E-state index contributed by atoms with van der Waals surface area (Å²) in [7, 11) is 0. The highest BCUT2D eigenvalue weighted by atomic mass is 16.1. The Hall–Kier alpha value is -3.65. The molecule has 4 heterocycles. The van der Waals surface area contributed by atoms with Gasteiger partial charge in [-0.3, -0.25) is 9.48 Å². The summed E-state index contributed by atoms with van der Waals surface area (Å²) in [4.78, 5) is 24.1. The van der Waals surface area contributed by atoms with Gasteiger partial charge in [0.1, 0.15) is 0 Å². The lowest BCUT2D eigenvalue weighted by Crippen LogP contribution is -2.25. The summed E-state index contributed by atoms with van der Waals surface area (Å²) < 4.78 is 3.57. The maximum absolute atomic E-state index is 12.4. The number of hydrogen-bond donors (Lipinski definition) is 0. The lowest BCUT2D eigenvalue weighted by atomic mass is 9.83. The molecule has 8 nitrogen and oxygen atoms in total. The van der Waals surface area contributed by atoms with E-state index in [4.69, 9.17) is 0 Å². The van der Waals surface area contributed by atoms with Gasteiger partial charge < -0.3 is 4.90 Å². The molecule has 6 rings (SSSR count). The van der Waals surface area contributed by atoms with Crippen molar-refractivity contribution in [2.24, 2.45) is 0 Å². The third-order valence-electron chi connectivity index (χ3n) is 7.39. The molecule has 0 spiro atoms. The van der Waals surface area contributed by atoms with E-state index in [1.54, 1.807) is 10.7 Å². The van der Waals surface area contributed by atoms with Gasteiger partial charge in [-0.1, -0.05) is 32.0 Å². The van der Waals surface area contributed by atoms with Crippen molar-refractivity contribution < 1.29 is 0 Å². The van der Waals surface area contributed by atoms with E-state index < -0.39 is 0 Å². The van der Waals surface area contributed by atoms with E-state index >= 15 is 0 Å². The van der Waals surface area contributed by atoms with Crippen molar-refractivity contribution in [2.45, 2.75) is 58.5 Å². The quantitative estimate of drug-likeness (QED) is 0.354. The lowest BCUT2D eigenvalue weighted by molar-refractivity contribution is 0.316. The van der Waals surface area contributed by atoms with Crippen LogP contribution in [0.2, 0.25) is 0 Å². The molecule has 0 unspecified atom stereocenters. The molecule has 1 saturated heterocycles. The van der Waals surface area contributed by atoms with Crippen LogP contribution in [0.25, 0.3) is 22.5 Å². The lowest BCUT2D eigenvalue weighted by Gasteiger charge is -2.24. The maximum atomic E-state index is 12.4. The van der Waals surface area contributed by atoms with Crippen molar-refractivity contribution in [1.82, 2.24) is 34.4 Å². The summed E-state index contributed by atoms with van der Waals surface area (Å²) >= 11 is 0. The van der Waals surface area contributed by atoms with E-state index in [9.17, 15) is 4.79 Å². The van der Waals surface area contributed by atoms with Gasteiger partial charge in [0.05, 0.1) is 25.0 Å². The fourth-order valence-corrected chi connectivity index (χ4v) is 4.99. The first-order valence-electron chi connectivity index (χ1n) is 13.0. The van der Waals surface area contributed by atoms with E-state index in [0.717, 1.165) is 53.9 Å². The first-order valence-corrected chi connectivity index (χ1v) is 13.0. The average Bonchev–Trinajstić information content (AvgIpc) is 3.56. The van der Waals surface area contributed by atoms with Crippen LogP contribution in [0.3, 0.4) is 0 Å². The molecule has 1 aromatic carbocycles. The highest BCUT2D eigenvalue weighted by Gasteiger charge is 2.21. The minimum atomic E-state index is -0.0787. The van der Waals surface area contributed by atoms with Gasteiger partial charge in [-0.15, -0.1) is 0 Å². The third kappa shape index (κ3) is 5.69. The van der Waals surface area contributed by atoms with Crippen molar-refractivity contribution in [3.8, 4) is 22.5 Å². The third-order valence-corrected chi connectivity index (χ3v) is 7.39. The molecule has 2 aliphatic rings. The molecule has 3 aromatic heterocycles. The van der Waals surface area contributed by atoms with E-state index in [-0.39, 0.29) is 13.0 Å². The molecule has 1 aliphatic heterocycles. The van der Waals surface area contributed by atoms with Crippen LogP contribution in [0.1, 0.15) is 56.7 Å². The molecular formula is C29H35N7O. The molecule has 1 aliphatic carbocycles. The Labute approximate surface area is 218 Å². The predicted molar refractivity (Wildman–Crippen MR) is 145 cm³/mol. The van der Waals surface area contributed by atoms with Gasteiger partial charge in [-0.05, 0) is 56.5 Å². The van der Waals surface area contributed by atoms with Crippen molar-refractivity contribution >= 4 is 0 Å². The highest BCUT2D eigenvalue weighted by molar-refractivity contribution is 5.62. The van der Waals surface area contributed by atoms with Gasteiger partial charge in [0.2, 0.25) is 0 Å². The zero-order valence-electron chi connectivity index (χ0n) is 20.5. The fourth-order valence-electron chi connectivity index (χ4n) is 4.99. The molecule has 0 N–H and O–H groups in total. The van der Waals surface area contributed by atoms with Gasteiger partial charge in [-0.25, -0.2) is 14.6 Å². The van der Waals surface area contributed by atoms with E-state index in [0.29, 0.717) is 18.3 Å². The molecule has 0 radical (unpaired) electrons. The molecule has 4 aromatic rings. The monoisotopic (exact) mass is 497 g/mol. The van der Waals surface area contributed by atoms with Gasteiger partial charge in [0.15, 0.2) is 5.82 Å². The summed E-state index contributed by atoms with van der Waals surface area (Å²) in [5.41, 5.74) is 4.84. The first-order chi connectivity index (χ1) is 17.7. The van der Waals surface area contributed by atoms with Gasteiger partial charge in [0, 0.05) is 53.8 Å².